The fraction of sp³-hybridized carbons (Fsp3) is 0.571. The van der Waals surface area contributed by atoms with Crippen LogP contribution in [0.2, 0.25) is 0 Å². The molecule has 0 aromatic carbocycles. The lowest BCUT2D eigenvalue weighted by Crippen LogP contribution is -3.00. The minimum absolute atomic E-state index is 0. The van der Waals surface area contributed by atoms with E-state index in [4.69, 9.17) is 0 Å². The van der Waals surface area contributed by atoms with Gasteiger partial charge in [-0.15, -0.1) is 8.78 Å². The molecule has 16 heavy (non-hydrogen) atoms. The first-order valence-corrected chi connectivity index (χ1v) is 3.78. The van der Waals surface area contributed by atoms with Gasteiger partial charge in [-0.1, -0.05) is 0 Å². The Hall–Kier alpha value is -0.570. The molecule has 0 fully saturated rings. The summed E-state index contributed by atoms with van der Waals surface area (Å²) in [5.41, 5.74) is 0. The highest BCUT2D eigenvalue weighted by atomic mass is 79.9. The number of hydrogen-bond donors (Lipinski definition) is 0. The molecule has 0 radical (unpaired) electrons. The van der Waals surface area contributed by atoms with Crippen molar-refractivity contribution in [3.63, 3.8) is 0 Å². The number of hydrogen-bond acceptors (Lipinski definition) is 1. The van der Waals surface area contributed by atoms with E-state index in [-0.39, 0.29) is 17.0 Å². The Bertz CT molecular complexity index is 298. The second kappa shape index (κ2) is 4.36. The van der Waals surface area contributed by atoms with Crippen molar-refractivity contribution in [2.24, 2.45) is 4.99 Å². The first kappa shape index (κ1) is 15.4. The van der Waals surface area contributed by atoms with Gasteiger partial charge in [0, 0.05) is 0 Å². The predicted octanol–water partition coefficient (Wildman–Crippen LogP) is -0.557. The Kier molecular flexibility index (Phi) is 4.21. The summed E-state index contributed by atoms with van der Waals surface area (Å²) in [5, 5.41) is 0. The molecular weight excluding hydrogens is 306 g/mol. The molecule has 1 rings (SSSR count). The van der Waals surface area contributed by atoms with Gasteiger partial charge >= 0.3 is 18.4 Å². The summed E-state index contributed by atoms with van der Waals surface area (Å²) in [6.07, 6.45) is -7.73. The highest BCUT2D eigenvalue weighted by Crippen LogP contribution is 2.40. The van der Waals surface area contributed by atoms with Crippen molar-refractivity contribution < 1.29 is 47.8 Å². The van der Waals surface area contributed by atoms with Gasteiger partial charge in [0.1, 0.15) is 6.20 Å². The maximum atomic E-state index is 13.1. The van der Waals surface area contributed by atoms with Gasteiger partial charge in [0.2, 0.25) is 0 Å². The SMILES string of the molecule is C[N+]1(C(F)(F)C(F)C(F)(F)F)C=CN=C1.[Br-]. The summed E-state index contributed by atoms with van der Waals surface area (Å²) in [7, 11) is 0.727. The van der Waals surface area contributed by atoms with Crippen molar-refractivity contribution in [1.82, 2.24) is 0 Å². The Morgan fingerprint density at radius 2 is 1.69 bits per heavy atom. The fourth-order valence-electron chi connectivity index (χ4n) is 1.01. The van der Waals surface area contributed by atoms with Crippen molar-refractivity contribution in [1.29, 1.82) is 0 Å². The molecule has 1 heterocycles. The second-order valence-corrected chi connectivity index (χ2v) is 3.20. The molecule has 2 unspecified atom stereocenters. The predicted molar refractivity (Wildman–Crippen MR) is 39.7 cm³/mol. The molecule has 0 aromatic rings. The molecule has 0 amide bonds. The lowest BCUT2D eigenvalue weighted by Gasteiger charge is -2.33. The summed E-state index contributed by atoms with van der Waals surface area (Å²) in [5.74, 6) is 0. The molecular formula is C7H7BrF6N2. The minimum atomic E-state index is -5.60. The van der Waals surface area contributed by atoms with Crippen molar-refractivity contribution in [3.8, 4) is 0 Å². The molecule has 0 saturated carbocycles. The Morgan fingerprint density at radius 1 is 1.19 bits per heavy atom. The molecule has 1 aliphatic rings. The van der Waals surface area contributed by atoms with Crippen molar-refractivity contribution in [2.75, 3.05) is 7.05 Å². The number of alkyl halides is 6. The van der Waals surface area contributed by atoms with Crippen molar-refractivity contribution in [3.05, 3.63) is 12.4 Å². The van der Waals surface area contributed by atoms with Gasteiger partial charge in [0.05, 0.1) is 13.2 Å². The van der Waals surface area contributed by atoms with Crippen LogP contribution >= 0.6 is 0 Å². The summed E-state index contributed by atoms with van der Waals surface area (Å²) in [6, 6.07) is -4.63. The van der Waals surface area contributed by atoms with Crippen molar-refractivity contribution in [2.45, 2.75) is 18.4 Å². The average molecular weight is 313 g/mol. The van der Waals surface area contributed by atoms with Crippen LogP contribution in [0, 0.1) is 0 Å². The van der Waals surface area contributed by atoms with E-state index in [0.29, 0.717) is 12.5 Å². The molecule has 1 aliphatic heterocycles. The summed E-state index contributed by atoms with van der Waals surface area (Å²) in [6.45, 7) is 0. The van der Waals surface area contributed by atoms with Gasteiger partial charge in [0.15, 0.2) is 6.34 Å². The van der Waals surface area contributed by atoms with E-state index in [1.807, 2.05) is 0 Å². The summed E-state index contributed by atoms with van der Waals surface area (Å²) < 4.78 is 72.7. The number of halogens is 7. The standard InChI is InChI=1S/C7H7F6N2.BrH/c1-15(3-2-14-4-15)7(12,13)5(8)6(9,10)11;/h2-5H,1H3;1H/q+1;/p-1. The van der Waals surface area contributed by atoms with E-state index in [0.717, 1.165) is 13.2 Å². The van der Waals surface area contributed by atoms with Crippen molar-refractivity contribution >= 4 is 6.34 Å². The molecule has 2 atom stereocenters. The molecule has 0 aliphatic carbocycles. The molecule has 0 N–H and O–H groups in total. The van der Waals surface area contributed by atoms with Crippen LogP contribution in [0.3, 0.4) is 0 Å². The second-order valence-electron chi connectivity index (χ2n) is 3.20. The maximum Gasteiger partial charge on any atom is 0.440 e. The largest absolute Gasteiger partial charge is 1.00 e. The zero-order valence-corrected chi connectivity index (χ0v) is 9.44. The molecule has 0 aromatic heterocycles. The lowest BCUT2D eigenvalue weighted by atomic mass is 10.2. The van der Waals surface area contributed by atoms with E-state index in [1.54, 1.807) is 0 Å². The Labute approximate surface area is 97.6 Å². The van der Waals surface area contributed by atoms with E-state index < -0.39 is 22.9 Å². The number of quaternary nitrogens is 1. The van der Waals surface area contributed by atoms with Crippen LogP contribution in [0.4, 0.5) is 26.3 Å². The smallest absolute Gasteiger partial charge is 0.440 e. The monoisotopic (exact) mass is 312 g/mol. The minimum Gasteiger partial charge on any atom is -1.00 e. The highest BCUT2D eigenvalue weighted by Gasteiger charge is 2.67. The van der Waals surface area contributed by atoms with E-state index in [1.165, 1.54) is 0 Å². The molecule has 0 bridgehead atoms. The zero-order chi connectivity index (χ0) is 11.9. The van der Waals surface area contributed by atoms with Gasteiger partial charge in [0.25, 0.3) is 0 Å². The quantitative estimate of drug-likeness (QED) is 0.368. The van der Waals surface area contributed by atoms with Gasteiger partial charge in [-0.25, -0.2) is 9.38 Å². The van der Waals surface area contributed by atoms with E-state index >= 15 is 0 Å². The Morgan fingerprint density at radius 3 is 2.00 bits per heavy atom. The molecule has 0 saturated heterocycles. The summed E-state index contributed by atoms with van der Waals surface area (Å²) in [4.78, 5) is 3.22. The topological polar surface area (TPSA) is 12.4 Å². The normalized spacial score (nSPS) is 26.7. The summed E-state index contributed by atoms with van der Waals surface area (Å²) >= 11 is 0. The van der Waals surface area contributed by atoms with Gasteiger partial charge in [-0.05, 0) is 0 Å². The van der Waals surface area contributed by atoms with Crippen LogP contribution in [-0.4, -0.2) is 36.3 Å². The van der Waals surface area contributed by atoms with Crippen LogP contribution in [0.15, 0.2) is 17.4 Å². The number of aliphatic imine (C=N–C) groups is 1. The van der Waals surface area contributed by atoms with Gasteiger partial charge in [-0.2, -0.15) is 17.7 Å². The lowest BCUT2D eigenvalue weighted by molar-refractivity contribution is -0.872. The maximum absolute atomic E-state index is 13.1. The first-order valence-electron chi connectivity index (χ1n) is 3.78. The van der Waals surface area contributed by atoms with Crippen LogP contribution in [0.25, 0.3) is 0 Å². The molecule has 9 heteroatoms. The van der Waals surface area contributed by atoms with Crippen LogP contribution in [0.1, 0.15) is 0 Å². The zero-order valence-electron chi connectivity index (χ0n) is 7.85. The fourth-order valence-corrected chi connectivity index (χ4v) is 1.01. The highest BCUT2D eigenvalue weighted by molar-refractivity contribution is 5.51. The molecule has 0 spiro atoms. The number of nitrogens with zero attached hydrogens (tertiary/aromatic N) is 2. The number of rotatable bonds is 2. The average Bonchev–Trinajstić information content (AvgIpc) is 2.50. The molecule has 2 nitrogen and oxygen atoms in total. The molecule has 94 valence electrons. The van der Waals surface area contributed by atoms with E-state index in [9.17, 15) is 26.3 Å². The van der Waals surface area contributed by atoms with Gasteiger partial charge < -0.3 is 17.0 Å². The van der Waals surface area contributed by atoms with Gasteiger partial charge in [-0.3, -0.25) is 0 Å². The third kappa shape index (κ3) is 2.40. The first-order chi connectivity index (χ1) is 6.61. The van der Waals surface area contributed by atoms with Crippen LogP contribution < -0.4 is 17.0 Å². The van der Waals surface area contributed by atoms with Crippen LogP contribution in [0.5, 0.6) is 0 Å². The van der Waals surface area contributed by atoms with E-state index in [2.05, 4.69) is 4.99 Å². The third-order valence-corrected chi connectivity index (χ3v) is 2.00. The van der Waals surface area contributed by atoms with Crippen LogP contribution in [-0.2, 0) is 0 Å². The Balaban J connectivity index is 0.00000225. The third-order valence-electron chi connectivity index (χ3n) is 2.00.